The van der Waals surface area contributed by atoms with Crippen LogP contribution in [0.4, 0.5) is 4.79 Å². The predicted molar refractivity (Wildman–Crippen MR) is 117 cm³/mol. The van der Waals surface area contributed by atoms with Crippen molar-refractivity contribution < 1.29 is 4.79 Å². The molecule has 5 heteroatoms. The summed E-state index contributed by atoms with van der Waals surface area (Å²) in [7, 11) is 0. The van der Waals surface area contributed by atoms with Crippen LogP contribution in [0.25, 0.3) is 11.3 Å². The summed E-state index contributed by atoms with van der Waals surface area (Å²) in [5.41, 5.74) is 3.97. The average Bonchev–Trinajstić information content (AvgIpc) is 3.36. The second kappa shape index (κ2) is 9.47. The molecule has 1 saturated carbocycles. The maximum atomic E-state index is 12.1. The van der Waals surface area contributed by atoms with E-state index in [0.717, 1.165) is 25.6 Å². The molecule has 0 spiro atoms. The minimum atomic E-state index is 0.187. The zero-order valence-electron chi connectivity index (χ0n) is 17.6. The van der Waals surface area contributed by atoms with Gasteiger partial charge in [0.15, 0.2) is 0 Å². The Bertz CT molecular complexity index is 801. The van der Waals surface area contributed by atoms with Crippen molar-refractivity contribution in [2.75, 3.05) is 13.1 Å². The van der Waals surface area contributed by atoms with Gasteiger partial charge in [-0.05, 0) is 37.2 Å². The van der Waals surface area contributed by atoms with Gasteiger partial charge in [0.05, 0.1) is 18.2 Å². The number of benzene rings is 1. The topological polar surface area (TPSA) is 50.2 Å². The number of rotatable bonds is 2. The van der Waals surface area contributed by atoms with Gasteiger partial charge in [-0.1, -0.05) is 56.9 Å². The number of aromatic nitrogens is 2. The highest BCUT2D eigenvalue weighted by atomic mass is 16.2. The van der Waals surface area contributed by atoms with Crippen LogP contribution in [0.3, 0.4) is 0 Å². The van der Waals surface area contributed by atoms with Crippen molar-refractivity contribution in [2.24, 2.45) is 5.92 Å². The molecule has 5 rings (SSSR count). The largest absolute Gasteiger partial charge is 0.335 e. The molecule has 1 aromatic heterocycles. The summed E-state index contributed by atoms with van der Waals surface area (Å²) in [6.07, 6.45) is 13.7. The van der Waals surface area contributed by atoms with Gasteiger partial charge in [-0.3, -0.25) is 0 Å². The number of carbonyl (C=O) groups excluding carboxylic acids is 1. The van der Waals surface area contributed by atoms with E-state index in [2.05, 4.69) is 46.1 Å². The molecular formula is C24H34N4O. The molecule has 1 saturated heterocycles. The third-order valence-corrected chi connectivity index (χ3v) is 6.76. The van der Waals surface area contributed by atoms with Crippen LogP contribution < -0.4 is 5.32 Å². The van der Waals surface area contributed by atoms with Crippen molar-refractivity contribution in [1.29, 1.82) is 0 Å². The van der Waals surface area contributed by atoms with Crippen LogP contribution in [-0.2, 0) is 6.54 Å². The van der Waals surface area contributed by atoms with Crippen LogP contribution in [-0.4, -0.2) is 39.6 Å². The van der Waals surface area contributed by atoms with Crippen LogP contribution in [0, 0.1) is 5.92 Å². The maximum Gasteiger partial charge on any atom is 0.317 e. The van der Waals surface area contributed by atoms with Crippen molar-refractivity contribution in [3.63, 3.8) is 0 Å². The number of amides is 2. The van der Waals surface area contributed by atoms with Gasteiger partial charge in [0.1, 0.15) is 0 Å². The molecule has 5 nitrogen and oxygen atoms in total. The lowest BCUT2D eigenvalue weighted by Crippen LogP contribution is -2.48. The van der Waals surface area contributed by atoms with Crippen LogP contribution in [0.2, 0.25) is 0 Å². The smallest absolute Gasteiger partial charge is 0.317 e. The normalized spacial score (nSPS) is 19.1. The molecule has 156 valence electrons. The fourth-order valence-corrected chi connectivity index (χ4v) is 4.82. The van der Waals surface area contributed by atoms with Gasteiger partial charge in [-0.25, -0.2) is 9.78 Å². The predicted octanol–water partition coefficient (Wildman–Crippen LogP) is 5.06. The highest BCUT2D eigenvalue weighted by Gasteiger charge is 2.24. The zero-order chi connectivity index (χ0) is 20.1. The van der Waals surface area contributed by atoms with Gasteiger partial charge in [0.25, 0.3) is 0 Å². The number of imidazole rings is 1. The zero-order valence-corrected chi connectivity index (χ0v) is 17.6. The summed E-state index contributed by atoms with van der Waals surface area (Å²) in [5.74, 6) is 0.841. The molecule has 2 fully saturated rings. The molecule has 2 amide bonds. The second-order valence-electron chi connectivity index (χ2n) is 8.69. The van der Waals surface area contributed by atoms with E-state index in [9.17, 15) is 4.79 Å². The summed E-state index contributed by atoms with van der Waals surface area (Å²) in [5, 5.41) is 3.21. The number of nitrogens with one attached hydrogen (secondary N) is 1. The number of hydrogen-bond acceptors (Lipinski definition) is 2. The first-order valence-corrected chi connectivity index (χ1v) is 11.4. The minimum absolute atomic E-state index is 0.187. The first kappa shape index (κ1) is 20.0. The Morgan fingerprint density at radius 3 is 2.62 bits per heavy atom. The Hall–Kier alpha value is -2.30. The molecule has 2 aliphatic heterocycles. The Labute approximate surface area is 174 Å². The SMILES string of the molecule is CCC1CCN(C(=O)NC2CCCCC2)CC1.c1ccc2c(c1)Cn1cncc1-2. The van der Waals surface area contributed by atoms with E-state index in [4.69, 9.17) is 0 Å². The van der Waals surface area contributed by atoms with E-state index < -0.39 is 0 Å². The van der Waals surface area contributed by atoms with Gasteiger partial charge < -0.3 is 14.8 Å². The molecule has 1 aromatic carbocycles. The van der Waals surface area contributed by atoms with E-state index in [-0.39, 0.29) is 6.03 Å². The van der Waals surface area contributed by atoms with Crippen molar-refractivity contribution in [3.8, 4) is 11.3 Å². The molecule has 3 aliphatic rings. The van der Waals surface area contributed by atoms with Crippen LogP contribution in [0.5, 0.6) is 0 Å². The number of piperidine rings is 1. The van der Waals surface area contributed by atoms with Gasteiger partial charge in [0, 0.05) is 31.2 Å². The van der Waals surface area contributed by atoms with Crippen molar-refractivity contribution in [2.45, 2.75) is 70.9 Å². The van der Waals surface area contributed by atoms with Crippen LogP contribution in [0.15, 0.2) is 36.8 Å². The van der Waals surface area contributed by atoms with Crippen molar-refractivity contribution in [3.05, 3.63) is 42.4 Å². The van der Waals surface area contributed by atoms with Crippen LogP contribution >= 0.6 is 0 Å². The molecule has 29 heavy (non-hydrogen) atoms. The lowest BCUT2D eigenvalue weighted by atomic mass is 9.94. The molecule has 3 heterocycles. The monoisotopic (exact) mass is 394 g/mol. The van der Waals surface area contributed by atoms with Crippen LogP contribution in [0.1, 0.15) is 63.9 Å². The number of carbonyl (C=O) groups is 1. The Morgan fingerprint density at radius 1 is 1.10 bits per heavy atom. The summed E-state index contributed by atoms with van der Waals surface area (Å²) >= 11 is 0. The molecule has 1 aliphatic carbocycles. The highest BCUT2D eigenvalue weighted by molar-refractivity contribution is 5.74. The molecule has 0 atom stereocenters. The van der Waals surface area contributed by atoms with Crippen molar-refractivity contribution in [1.82, 2.24) is 19.8 Å². The first-order valence-electron chi connectivity index (χ1n) is 11.4. The third kappa shape index (κ3) is 4.82. The molecule has 2 aromatic rings. The fraction of sp³-hybridized carbons (Fsp3) is 0.583. The molecule has 0 radical (unpaired) electrons. The summed E-state index contributed by atoms with van der Waals surface area (Å²) in [4.78, 5) is 18.2. The highest BCUT2D eigenvalue weighted by Crippen LogP contribution is 2.30. The average molecular weight is 395 g/mol. The summed E-state index contributed by atoms with van der Waals surface area (Å²) < 4.78 is 2.17. The molecule has 0 bridgehead atoms. The third-order valence-electron chi connectivity index (χ3n) is 6.76. The van der Waals surface area contributed by atoms with Crippen molar-refractivity contribution >= 4 is 6.03 Å². The first-order chi connectivity index (χ1) is 14.2. The standard InChI is InChI=1S/C14H26N2O.C10H8N2/c1-2-12-8-10-16(11-9-12)14(17)15-13-6-4-3-5-7-13;1-2-4-9-8(3-1)6-12-7-11-5-10(9)12/h12-13H,2-11H2,1H3,(H,15,17);1-5,7H,6H2. The van der Waals surface area contributed by atoms with Gasteiger partial charge >= 0.3 is 6.03 Å². The second-order valence-corrected chi connectivity index (χ2v) is 8.69. The number of fused-ring (bicyclic) bond motifs is 3. The summed E-state index contributed by atoms with van der Waals surface area (Å²) in [6.45, 7) is 5.14. The number of urea groups is 1. The van der Waals surface area contributed by atoms with Gasteiger partial charge in [0.2, 0.25) is 0 Å². The molecule has 0 unspecified atom stereocenters. The summed E-state index contributed by atoms with van der Waals surface area (Å²) in [6, 6.07) is 9.10. The van der Waals surface area contributed by atoms with E-state index in [0.29, 0.717) is 6.04 Å². The molecular weight excluding hydrogens is 360 g/mol. The number of hydrogen-bond donors (Lipinski definition) is 1. The fourth-order valence-electron chi connectivity index (χ4n) is 4.82. The van der Waals surface area contributed by atoms with Gasteiger partial charge in [-0.15, -0.1) is 0 Å². The number of nitrogens with zero attached hydrogens (tertiary/aromatic N) is 3. The van der Waals surface area contributed by atoms with E-state index in [1.54, 1.807) is 0 Å². The Balaban J connectivity index is 0.000000149. The minimum Gasteiger partial charge on any atom is -0.335 e. The lowest BCUT2D eigenvalue weighted by molar-refractivity contribution is 0.163. The lowest BCUT2D eigenvalue weighted by Gasteiger charge is -2.33. The molecule has 1 N–H and O–H groups in total. The van der Waals surface area contributed by atoms with E-state index >= 15 is 0 Å². The maximum absolute atomic E-state index is 12.1. The Morgan fingerprint density at radius 2 is 1.86 bits per heavy atom. The number of likely N-dealkylation sites (tertiary alicyclic amines) is 1. The quantitative estimate of drug-likeness (QED) is 0.660. The van der Waals surface area contributed by atoms with Gasteiger partial charge in [-0.2, -0.15) is 0 Å². The van der Waals surface area contributed by atoms with E-state index in [1.165, 1.54) is 68.2 Å². The van der Waals surface area contributed by atoms with E-state index in [1.807, 2.05) is 17.4 Å². The Kier molecular flexibility index (Phi) is 6.53.